The molecule has 8 nitrogen and oxygen atoms in total. The molecule has 4 aromatic carbocycles. The summed E-state index contributed by atoms with van der Waals surface area (Å²) in [6.45, 7) is 7.79. The Kier molecular flexibility index (Phi) is 8.58. The smallest absolute Gasteiger partial charge is 0.318 e. The maximum absolute atomic E-state index is 14.0. The number of amides is 4. The molecule has 0 fully saturated rings. The second-order valence-electron chi connectivity index (χ2n) is 8.71. The van der Waals surface area contributed by atoms with Gasteiger partial charge in [-0.25, -0.2) is 4.79 Å². The van der Waals surface area contributed by atoms with Gasteiger partial charge in [-0.3, -0.25) is 14.9 Å². The topological polar surface area (TPSA) is 111 Å². The van der Waals surface area contributed by atoms with Crippen molar-refractivity contribution >= 4 is 39.4 Å². The Morgan fingerprint density at radius 3 is 1.69 bits per heavy atom. The van der Waals surface area contributed by atoms with Crippen molar-refractivity contribution in [2.75, 3.05) is 13.1 Å². The lowest BCUT2D eigenvalue weighted by atomic mass is 10.1. The van der Waals surface area contributed by atoms with Gasteiger partial charge in [0.1, 0.15) is 11.5 Å². The van der Waals surface area contributed by atoms with Crippen LogP contribution in [0.3, 0.4) is 0 Å². The van der Waals surface area contributed by atoms with Crippen molar-refractivity contribution in [1.82, 2.24) is 10.2 Å². The molecule has 0 aliphatic heterocycles. The summed E-state index contributed by atoms with van der Waals surface area (Å²) in [5.74, 6) is -0.795. The van der Waals surface area contributed by atoms with Crippen molar-refractivity contribution in [3.05, 3.63) is 110 Å². The van der Waals surface area contributed by atoms with E-state index in [0.29, 0.717) is 16.9 Å². The minimum Gasteiger partial charge on any atom is -0.475 e. The monoisotopic (exact) mass is 523 g/mol. The number of urea groups is 1. The Bertz CT molecular complexity index is 1510. The van der Waals surface area contributed by atoms with E-state index < -0.39 is 30.1 Å². The van der Waals surface area contributed by atoms with E-state index in [2.05, 4.69) is 18.5 Å². The van der Waals surface area contributed by atoms with Crippen LogP contribution in [-0.2, 0) is 9.59 Å². The highest BCUT2D eigenvalue weighted by atomic mass is 16.6. The van der Waals surface area contributed by atoms with Gasteiger partial charge < -0.3 is 20.1 Å². The lowest BCUT2D eigenvalue weighted by molar-refractivity contribution is -0.148. The minimum atomic E-state index is -1.59. The summed E-state index contributed by atoms with van der Waals surface area (Å²) in [7, 11) is 0. The number of imide groups is 1. The van der Waals surface area contributed by atoms with Crippen LogP contribution in [0.15, 0.2) is 110 Å². The molecule has 4 rings (SSSR count). The van der Waals surface area contributed by atoms with Crippen LogP contribution in [0.25, 0.3) is 21.5 Å². The maximum Gasteiger partial charge on any atom is 0.318 e. The fourth-order valence-corrected chi connectivity index (χ4v) is 4.30. The molecule has 8 heteroatoms. The predicted octanol–water partition coefficient (Wildman–Crippen LogP) is 4.58. The van der Waals surface area contributed by atoms with E-state index in [0.717, 1.165) is 16.2 Å². The van der Waals surface area contributed by atoms with Gasteiger partial charge in [0.2, 0.25) is 12.2 Å². The van der Waals surface area contributed by atoms with Gasteiger partial charge in [-0.1, -0.05) is 84.9 Å². The van der Waals surface area contributed by atoms with Gasteiger partial charge in [-0.2, -0.15) is 0 Å². The number of nitrogens with one attached hydrogen (secondary N) is 1. The summed E-state index contributed by atoms with van der Waals surface area (Å²) in [5.41, 5.74) is 5.28. The third kappa shape index (κ3) is 6.24. The van der Waals surface area contributed by atoms with Gasteiger partial charge in [-0.05, 0) is 22.9 Å². The Morgan fingerprint density at radius 1 is 0.744 bits per heavy atom. The Morgan fingerprint density at radius 2 is 1.21 bits per heavy atom. The first-order valence-corrected chi connectivity index (χ1v) is 12.3. The third-order valence-electron chi connectivity index (χ3n) is 6.04. The molecule has 0 unspecified atom stereocenters. The minimum absolute atomic E-state index is 0.165. The first-order chi connectivity index (χ1) is 18.9. The Hall–Kier alpha value is -5.11. The molecule has 0 aromatic heterocycles. The van der Waals surface area contributed by atoms with Crippen LogP contribution in [0.2, 0.25) is 0 Å². The van der Waals surface area contributed by atoms with Gasteiger partial charge in [-0.15, -0.1) is 13.2 Å². The quantitative estimate of drug-likeness (QED) is 0.280. The van der Waals surface area contributed by atoms with Crippen molar-refractivity contribution in [1.29, 1.82) is 0 Å². The fraction of sp³-hybridized carbons (Fsp3) is 0.129. The number of ether oxygens (including phenoxy) is 2. The number of primary amides is 1. The molecular weight excluding hydrogens is 494 g/mol. The summed E-state index contributed by atoms with van der Waals surface area (Å²) in [6.07, 6.45) is 0.0156. The number of carbonyl (C=O) groups is 3. The number of rotatable bonds is 11. The highest BCUT2D eigenvalue weighted by molar-refractivity contribution is 6.00. The lowest BCUT2D eigenvalue weighted by Crippen LogP contribution is -2.57. The molecule has 198 valence electrons. The zero-order chi connectivity index (χ0) is 27.8. The molecule has 3 N–H and O–H groups in total. The van der Waals surface area contributed by atoms with Gasteiger partial charge in [0.25, 0.3) is 11.8 Å². The van der Waals surface area contributed by atoms with Crippen LogP contribution < -0.4 is 20.5 Å². The second kappa shape index (κ2) is 12.4. The van der Waals surface area contributed by atoms with Crippen molar-refractivity contribution in [2.24, 2.45) is 5.73 Å². The highest BCUT2D eigenvalue weighted by Gasteiger charge is 2.41. The second-order valence-corrected chi connectivity index (χ2v) is 8.71. The molecule has 0 spiro atoms. The summed E-state index contributed by atoms with van der Waals surface area (Å²) >= 11 is 0. The molecule has 0 saturated heterocycles. The number of fused-ring (bicyclic) bond motifs is 2. The van der Waals surface area contributed by atoms with Crippen molar-refractivity contribution in [3.63, 3.8) is 0 Å². The number of benzene rings is 4. The molecule has 0 radical (unpaired) electrons. The first-order valence-electron chi connectivity index (χ1n) is 12.3. The number of hydrogen-bond acceptors (Lipinski definition) is 5. The molecule has 2 atom stereocenters. The average Bonchev–Trinajstić information content (AvgIpc) is 2.94. The van der Waals surface area contributed by atoms with Crippen molar-refractivity contribution in [2.45, 2.75) is 12.2 Å². The van der Waals surface area contributed by atoms with Gasteiger partial charge in [0, 0.05) is 23.9 Å². The van der Waals surface area contributed by atoms with Crippen molar-refractivity contribution in [3.8, 4) is 11.5 Å². The summed E-state index contributed by atoms with van der Waals surface area (Å²) in [4.78, 5) is 40.5. The fourth-order valence-electron chi connectivity index (χ4n) is 4.30. The number of nitrogens with zero attached hydrogens (tertiary/aromatic N) is 1. The molecule has 4 amide bonds. The number of carbonyl (C=O) groups excluding carboxylic acids is 3. The molecule has 39 heavy (non-hydrogen) atoms. The van der Waals surface area contributed by atoms with E-state index in [4.69, 9.17) is 15.2 Å². The van der Waals surface area contributed by atoms with E-state index >= 15 is 0 Å². The average molecular weight is 524 g/mol. The van der Waals surface area contributed by atoms with Gasteiger partial charge >= 0.3 is 6.03 Å². The molecule has 0 aliphatic rings. The number of hydrogen-bond donors (Lipinski definition) is 2. The maximum atomic E-state index is 14.0. The van der Waals surface area contributed by atoms with E-state index in [-0.39, 0.29) is 13.1 Å². The van der Waals surface area contributed by atoms with E-state index in [1.165, 1.54) is 4.90 Å². The molecule has 4 aromatic rings. The largest absolute Gasteiger partial charge is 0.475 e. The zero-order valence-corrected chi connectivity index (χ0v) is 21.3. The standard InChI is InChI=1S/C31H29N3O5/c1-3-19-34(20-4-2)30(36)28(39-26-18-10-14-22-12-6-8-16-24(22)26)27(29(35)33-31(32)37)38-25-17-9-13-21-11-5-7-15-23(21)25/h3-18,27-28H,1-2,19-20H2,(H3,32,33,35,37)/t27-,28-/m1/s1. The van der Waals surface area contributed by atoms with E-state index in [9.17, 15) is 14.4 Å². The van der Waals surface area contributed by atoms with Crippen LogP contribution in [0.5, 0.6) is 11.5 Å². The lowest BCUT2D eigenvalue weighted by Gasteiger charge is -2.31. The highest BCUT2D eigenvalue weighted by Crippen LogP contribution is 2.30. The molecular formula is C31H29N3O5. The third-order valence-corrected chi connectivity index (χ3v) is 6.04. The van der Waals surface area contributed by atoms with Crippen LogP contribution >= 0.6 is 0 Å². The predicted molar refractivity (Wildman–Crippen MR) is 151 cm³/mol. The van der Waals surface area contributed by atoms with Crippen LogP contribution in [0.1, 0.15) is 0 Å². The summed E-state index contributed by atoms with van der Waals surface area (Å²) in [5, 5.41) is 5.24. The van der Waals surface area contributed by atoms with Crippen LogP contribution in [0, 0.1) is 0 Å². The van der Waals surface area contributed by atoms with Crippen molar-refractivity contribution < 1.29 is 23.9 Å². The van der Waals surface area contributed by atoms with E-state index in [1.54, 1.807) is 36.4 Å². The Balaban J connectivity index is 1.85. The number of nitrogens with two attached hydrogens (primary N) is 1. The Labute approximate surface area is 226 Å². The normalized spacial score (nSPS) is 12.2. The zero-order valence-electron chi connectivity index (χ0n) is 21.3. The van der Waals surface area contributed by atoms with Crippen LogP contribution in [0.4, 0.5) is 4.79 Å². The molecule has 0 aliphatic carbocycles. The first kappa shape index (κ1) is 26.9. The molecule has 0 heterocycles. The molecule has 0 saturated carbocycles. The van der Waals surface area contributed by atoms with E-state index in [1.807, 2.05) is 60.7 Å². The van der Waals surface area contributed by atoms with Gasteiger partial charge in [0.15, 0.2) is 0 Å². The molecule has 0 bridgehead atoms. The van der Waals surface area contributed by atoms with Crippen LogP contribution in [-0.4, -0.2) is 48.0 Å². The summed E-state index contributed by atoms with van der Waals surface area (Å²) in [6, 6.07) is 24.6. The SMILES string of the molecule is C=CCN(CC=C)C(=O)[C@H](Oc1cccc2ccccc12)[C@@H](Oc1cccc2ccccc12)C(=O)NC(N)=O. The summed E-state index contributed by atoms with van der Waals surface area (Å²) < 4.78 is 12.5. The van der Waals surface area contributed by atoms with Gasteiger partial charge in [0.05, 0.1) is 0 Å².